The van der Waals surface area contributed by atoms with Crippen LogP contribution in [-0.2, 0) is 4.79 Å². The van der Waals surface area contributed by atoms with Crippen molar-refractivity contribution in [1.29, 1.82) is 0 Å². The summed E-state index contributed by atoms with van der Waals surface area (Å²) >= 11 is 0. The van der Waals surface area contributed by atoms with Gasteiger partial charge in [0.15, 0.2) is 0 Å². The molecular formula is C13H22F3NO. The van der Waals surface area contributed by atoms with E-state index in [1.807, 2.05) is 13.8 Å². The lowest BCUT2D eigenvalue weighted by atomic mass is 9.85. The van der Waals surface area contributed by atoms with Crippen molar-refractivity contribution in [2.45, 2.75) is 64.6 Å². The molecule has 1 rings (SSSR count). The summed E-state index contributed by atoms with van der Waals surface area (Å²) in [4.78, 5) is 11.6. The molecule has 0 heterocycles. The first-order valence-corrected chi connectivity index (χ1v) is 6.65. The molecule has 0 aromatic rings. The van der Waals surface area contributed by atoms with Gasteiger partial charge < -0.3 is 5.32 Å². The number of alkyl halides is 3. The first-order valence-electron chi connectivity index (χ1n) is 6.65. The highest BCUT2D eigenvalue weighted by Gasteiger charge is 2.42. The zero-order valence-corrected chi connectivity index (χ0v) is 11.0. The van der Waals surface area contributed by atoms with Gasteiger partial charge in [-0.25, -0.2) is 0 Å². The normalized spacial score (nSPS) is 25.2. The molecule has 0 spiro atoms. The third-order valence-corrected chi connectivity index (χ3v) is 3.45. The lowest BCUT2D eigenvalue weighted by molar-refractivity contribution is -0.184. The molecule has 1 amide bonds. The zero-order valence-electron chi connectivity index (χ0n) is 11.0. The summed E-state index contributed by atoms with van der Waals surface area (Å²) < 4.78 is 37.8. The van der Waals surface area contributed by atoms with E-state index in [-0.39, 0.29) is 24.8 Å². The standard InChI is InChI=1S/C13H22F3NO/c1-9(2)6-7-12(18)17-11-5-3-4-10(8-11)13(14,15)16/h9-11H,3-8H2,1-2H3,(H,17,18). The average molecular weight is 265 g/mol. The Morgan fingerprint density at radius 3 is 2.56 bits per heavy atom. The Morgan fingerprint density at radius 2 is 2.00 bits per heavy atom. The molecule has 0 radical (unpaired) electrons. The first-order chi connectivity index (χ1) is 8.29. The molecule has 0 aromatic carbocycles. The zero-order chi connectivity index (χ0) is 13.8. The highest BCUT2D eigenvalue weighted by Crippen LogP contribution is 2.37. The van der Waals surface area contributed by atoms with Crippen LogP contribution in [0.15, 0.2) is 0 Å². The number of hydrogen-bond acceptors (Lipinski definition) is 1. The number of halogens is 3. The fraction of sp³-hybridized carbons (Fsp3) is 0.923. The Balaban J connectivity index is 2.36. The number of amides is 1. The number of hydrogen-bond donors (Lipinski definition) is 1. The van der Waals surface area contributed by atoms with Gasteiger partial charge in [-0.1, -0.05) is 20.3 Å². The second kappa shape index (κ2) is 6.43. The molecule has 2 atom stereocenters. The summed E-state index contributed by atoms with van der Waals surface area (Å²) in [6.07, 6.45) is -1.49. The maximum Gasteiger partial charge on any atom is 0.391 e. The van der Waals surface area contributed by atoms with Crippen molar-refractivity contribution in [3.63, 3.8) is 0 Å². The molecule has 2 nitrogen and oxygen atoms in total. The summed E-state index contributed by atoms with van der Waals surface area (Å²) in [5.41, 5.74) is 0. The molecular weight excluding hydrogens is 243 g/mol. The van der Waals surface area contributed by atoms with Gasteiger partial charge in [0.1, 0.15) is 0 Å². The van der Waals surface area contributed by atoms with Crippen molar-refractivity contribution in [2.75, 3.05) is 0 Å². The molecule has 1 fully saturated rings. The van der Waals surface area contributed by atoms with Crippen LogP contribution in [0.2, 0.25) is 0 Å². The molecule has 5 heteroatoms. The lowest BCUT2D eigenvalue weighted by Crippen LogP contribution is -2.41. The number of rotatable bonds is 4. The van der Waals surface area contributed by atoms with Crippen molar-refractivity contribution in [1.82, 2.24) is 5.32 Å². The van der Waals surface area contributed by atoms with Crippen molar-refractivity contribution < 1.29 is 18.0 Å². The lowest BCUT2D eigenvalue weighted by Gasteiger charge is -2.31. The van der Waals surface area contributed by atoms with Gasteiger partial charge in [0.05, 0.1) is 5.92 Å². The monoisotopic (exact) mass is 265 g/mol. The smallest absolute Gasteiger partial charge is 0.353 e. The Kier molecular flexibility index (Phi) is 5.47. The van der Waals surface area contributed by atoms with Crippen molar-refractivity contribution >= 4 is 5.91 Å². The Hall–Kier alpha value is -0.740. The van der Waals surface area contributed by atoms with Gasteiger partial charge in [-0.2, -0.15) is 13.2 Å². The fourth-order valence-corrected chi connectivity index (χ4v) is 2.34. The predicted molar refractivity (Wildman–Crippen MR) is 64.0 cm³/mol. The van der Waals surface area contributed by atoms with E-state index >= 15 is 0 Å². The summed E-state index contributed by atoms with van der Waals surface area (Å²) in [7, 11) is 0. The van der Waals surface area contributed by atoms with Crippen molar-refractivity contribution in [3.05, 3.63) is 0 Å². The van der Waals surface area contributed by atoms with Crippen molar-refractivity contribution in [3.8, 4) is 0 Å². The van der Waals surface area contributed by atoms with E-state index in [1.165, 1.54) is 0 Å². The molecule has 1 N–H and O–H groups in total. The van der Waals surface area contributed by atoms with Gasteiger partial charge in [-0.3, -0.25) is 4.79 Å². The average Bonchev–Trinajstić information content (AvgIpc) is 2.25. The SMILES string of the molecule is CC(C)CCC(=O)NC1CCCC(C(F)(F)F)C1. The van der Waals surface area contributed by atoms with E-state index in [4.69, 9.17) is 0 Å². The van der Waals surface area contributed by atoms with Crippen LogP contribution in [0.25, 0.3) is 0 Å². The molecule has 1 saturated carbocycles. The van der Waals surface area contributed by atoms with Crippen LogP contribution in [-0.4, -0.2) is 18.1 Å². The number of carbonyl (C=O) groups is 1. The van der Waals surface area contributed by atoms with E-state index in [2.05, 4.69) is 5.32 Å². The molecule has 1 aliphatic carbocycles. The quantitative estimate of drug-likeness (QED) is 0.825. The highest BCUT2D eigenvalue weighted by atomic mass is 19.4. The van der Waals surface area contributed by atoms with E-state index in [1.54, 1.807) is 0 Å². The van der Waals surface area contributed by atoms with E-state index in [9.17, 15) is 18.0 Å². The Bertz CT molecular complexity index is 276. The summed E-state index contributed by atoms with van der Waals surface area (Å²) in [6.45, 7) is 4.04. The molecule has 18 heavy (non-hydrogen) atoms. The highest BCUT2D eigenvalue weighted by molar-refractivity contribution is 5.76. The van der Waals surface area contributed by atoms with Crippen LogP contribution < -0.4 is 5.32 Å². The molecule has 2 unspecified atom stereocenters. The van der Waals surface area contributed by atoms with Crippen LogP contribution in [0.3, 0.4) is 0 Å². The second-order valence-electron chi connectivity index (χ2n) is 5.60. The van der Waals surface area contributed by atoms with Crippen LogP contribution in [0.1, 0.15) is 52.4 Å². The molecule has 1 aliphatic rings. The van der Waals surface area contributed by atoms with Gasteiger partial charge >= 0.3 is 6.18 Å². The summed E-state index contributed by atoms with van der Waals surface area (Å²) in [5, 5.41) is 2.74. The van der Waals surface area contributed by atoms with Crippen LogP contribution >= 0.6 is 0 Å². The molecule has 0 aliphatic heterocycles. The second-order valence-corrected chi connectivity index (χ2v) is 5.60. The van der Waals surface area contributed by atoms with Crippen LogP contribution in [0.5, 0.6) is 0 Å². The maximum absolute atomic E-state index is 12.6. The minimum Gasteiger partial charge on any atom is -0.353 e. The minimum absolute atomic E-state index is 0.0386. The van der Waals surface area contributed by atoms with Gasteiger partial charge in [-0.15, -0.1) is 0 Å². The topological polar surface area (TPSA) is 29.1 Å². The van der Waals surface area contributed by atoms with Gasteiger partial charge in [0.2, 0.25) is 5.91 Å². The van der Waals surface area contributed by atoms with Gasteiger partial charge in [0.25, 0.3) is 0 Å². The largest absolute Gasteiger partial charge is 0.391 e. The molecule has 106 valence electrons. The molecule has 0 aromatic heterocycles. The third-order valence-electron chi connectivity index (χ3n) is 3.45. The third kappa shape index (κ3) is 5.27. The molecule has 0 bridgehead atoms. The Labute approximate surface area is 106 Å². The van der Waals surface area contributed by atoms with Crippen LogP contribution in [0.4, 0.5) is 13.2 Å². The summed E-state index contributed by atoms with van der Waals surface area (Å²) in [5.74, 6) is -0.928. The first kappa shape index (κ1) is 15.3. The minimum atomic E-state index is -4.12. The van der Waals surface area contributed by atoms with Crippen molar-refractivity contribution in [2.24, 2.45) is 11.8 Å². The van der Waals surface area contributed by atoms with Gasteiger partial charge in [0, 0.05) is 12.5 Å². The Morgan fingerprint density at radius 1 is 1.33 bits per heavy atom. The fourth-order valence-electron chi connectivity index (χ4n) is 2.34. The predicted octanol–water partition coefficient (Wildman–Crippen LogP) is 3.66. The number of carbonyl (C=O) groups excluding carboxylic acids is 1. The van der Waals surface area contributed by atoms with E-state index in [0.717, 1.165) is 6.42 Å². The molecule has 0 saturated heterocycles. The van der Waals surface area contributed by atoms with E-state index < -0.39 is 12.1 Å². The van der Waals surface area contributed by atoms with Gasteiger partial charge in [-0.05, 0) is 31.6 Å². The number of nitrogens with one attached hydrogen (secondary N) is 1. The van der Waals surface area contributed by atoms with E-state index in [0.29, 0.717) is 25.2 Å². The van der Waals surface area contributed by atoms with Crippen LogP contribution in [0, 0.1) is 11.8 Å². The summed E-state index contributed by atoms with van der Waals surface area (Å²) in [6, 6.07) is -0.301. The maximum atomic E-state index is 12.6.